The molecule has 102 valence electrons. The van der Waals surface area contributed by atoms with Crippen molar-refractivity contribution in [2.24, 2.45) is 0 Å². The minimum atomic E-state index is 0.138. The number of nitrogens with two attached hydrogens (primary N) is 1. The van der Waals surface area contributed by atoms with Gasteiger partial charge in [-0.15, -0.1) is 5.10 Å². The molecule has 0 saturated carbocycles. The average molecular weight is 270 g/mol. The Balaban J connectivity index is 2.48. The van der Waals surface area contributed by atoms with Crippen molar-refractivity contribution in [1.82, 2.24) is 10.2 Å². The van der Waals surface area contributed by atoms with Gasteiger partial charge >= 0.3 is 0 Å². The molecule has 1 aromatic carbocycles. The molecule has 6 heteroatoms. The highest BCUT2D eigenvalue weighted by Crippen LogP contribution is 2.34. The minimum Gasteiger partial charge on any atom is -0.493 e. The second-order valence-corrected chi connectivity index (χ2v) is 4.21. The van der Waals surface area contributed by atoms with Crippen LogP contribution in [0.2, 0.25) is 0 Å². The molecule has 0 aliphatic carbocycles. The number of rotatable bonds is 3. The Hall–Kier alpha value is -2.81. The standard InChI is InChI=1S/C14H14N4O2/c1-8-9(2)17-18-14(11(8)7-15)20-13-6-10(16)4-5-12(13)19-3/h4-6H,16H2,1-3H3. The number of nitrogens with zero attached hydrogens (tertiary/aromatic N) is 3. The van der Waals surface area contributed by atoms with E-state index in [1.165, 1.54) is 7.11 Å². The lowest BCUT2D eigenvalue weighted by Crippen LogP contribution is -2.01. The Morgan fingerprint density at radius 2 is 1.95 bits per heavy atom. The summed E-state index contributed by atoms with van der Waals surface area (Å²) in [6.07, 6.45) is 0. The summed E-state index contributed by atoms with van der Waals surface area (Å²) in [4.78, 5) is 0. The molecule has 0 aliphatic rings. The van der Waals surface area contributed by atoms with E-state index in [0.29, 0.717) is 28.4 Å². The maximum Gasteiger partial charge on any atom is 0.257 e. The number of nitrogen functional groups attached to an aromatic ring is 1. The fourth-order valence-electron chi connectivity index (χ4n) is 1.67. The first-order valence-corrected chi connectivity index (χ1v) is 5.92. The van der Waals surface area contributed by atoms with Crippen LogP contribution in [-0.2, 0) is 0 Å². The molecule has 0 amide bonds. The monoisotopic (exact) mass is 270 g/mol. The van der Waals surface area contributed by atoms with E-state index < -0.39 is 0 Å². The van der Waals surface area contributed by atoms with Crippen molar-refractivity contribution in [2.45, 2.75) is 13.8 Å². The molecular weight excluding hydrogens is 256 g/mol. The van der Waals surface area contributed by atoms with Crippen molar-refractivity contribution in [1.29, 1.82) is 5.26 Å². The SMILES string of the molecule is COc1ccc(N)cc1Oc1nnc(C)c(C)c1C#N. The van der Waals surface area contributed by atoms with Gasteiger partial charge in [-0.05, 0) is 31.5 Å². The number of ether oxygens (including phenoxy) is 2. The maximum absolute atomic E-state index is 9.23. The van der Waals surface area contributed by atoms with Gasteiger partial charge in [-0.2, -0.15) is 10.4 Å². The molecule has 0 bridgehead atoms. The number of aryl methyl sites for hydroxylation is 1. The molecule has 0 atom stereocenters. The largest absolute Gasteiger partial charge is 0.493 e. The third-order valence-corrected chi connectivity index (χ3v) is 2.93. The van der Waals surface area contributed by atoms with Crippen LogP contribution < -0.4 is 15.2 Å². The van der Waals surface area contributed by atoms with Gasteiger partial charge in [0.05, 0.1) is 12.8 Å². The Bertz CT molecular complexity index is 692. The van der Waals surface area contributed by atoms with E-state index in [0.717, 1.165) is 5.56 Å². The summed E-state index contributed by atoms with van der Waals surface area (Å²) in [5, 5.41) is 17.1. The molecule has 1 heterocycles. The summed E-state index contributed by atoms with van der Waals surface area (Å²) >= 11 is 0. The zero-order valence-electron chi connectivity index (χ0n) is 11.5. The number of nitriles is 1. The fourth-order valence-corrected chi connectivity index (χ4v) is 1.67. The van der Waals surface area contributed by atoms with Crippen molar-refractivity contribution >= 4 is 5.69 Å². The topological polar surface area (TPSA) is 94.1 Å². The third kappa shape index (κ3) is 2.47. The van der Waals surface area contributed by atoms with Crippen LogP contribution in [0.5, 0.6) is 17.4 Å². The first-order chi connectivity index (χ1) is 9.56. The molecule has 0 unspecified atom stereocenters. The Kier molecular flexibility index (Phi) is 3.71. The lowest BCUT2D eigenvalue weighted by molar-refractivity contribution is 0.372. The van der Waals surface area contributed by atoms with Gasteiger partial charge in [0, 0.05) is 11.8 Å². The van der Waals surface area contributed by atoms with Gasteiger partial charge in [-0.1, -0.05) is 0 Å². The van der Waals surface area contributed by atoms with Crippen LogP contribution in [0.25, 0.3) is 0 Å². The Labute approximate surface area is 116 Å². The molecular formula is C14H14N4O2. The zero-order chi connectivity index (χ0) is 14.7. The van der Waals surface area contributed by atoms with E-state index in [4.69, 9.17) is 15.2 Å². The van der Waals surface area contributed by atoms with Gasteiger partial charge in [0.25, 0.3) is 5.88 Å². The van der Waals surface area contributed by atoms with Crippen molar-refractivity contribution in [3.8, 4) is 23.4 Å². The highest BCUT2D eigenvalue weighted by Gasteiger charge is 2.15. The molecule has 2 rings (SSSR count). The zero-order valence-corrected chi connectivity index (χ0v) is 11.5. The number of aromatic nitrogens is 2. The third-order valence-electron chi connectivity index (χ3n) is 2.93. The number of hydrogen-bond acceptors (Lipinski definition) is 6. The van der Waals surface area contributed by atoms with Crippen molar-refractivity contribution in [2.75, 3.05) is 12.8 Å². The lowest BCUT2D eigenvalue weighted by atomic mass is 10.1. The molecule has 6 nitrogen and oxygen atoms in total. The molecule has 0 fully saturated rings. The molecule has 2 N–H and O–H groups in total. The van der Waals surface area contributed by atoms with Gasteiger partial charge in [0.15, 0.2) is 11.5 Å². The Morgan fingerprint density at radius 1 is 1.20 bits per heavy atom. The summed E-state index contributed by atoms with van der Waals surface area (Å²) in [5.41, 5.74) is 8.02. The normalized spacial score (nSPS) is 9.90. The number of anilines is 1. The highest BCUT2D eigenvalue weighted by atomic mass is 16.5. The summed E-state index contributed by atoms with van der Waals surface area (Å²) in [6, 6.07) is 7.07. The smallest absolute Gasteiger partial charge is 0.257 e. The highest BCUT2D eigenvalue weighted by molar-refractivity contribution is 5.54. The number of methoxy groups -OCH3 is 1. The summed E-state index contributed by atoms with van der Waals surface area (Å²) < 4.78 is 10.8. The van der Waals surface area contributed by atoms with Crippen LogP contribution in [0.1, 0.15) is 16.8 Å². The van der Waals surface area contributed by atoms with Gasteiger partial charge in [-0.3, -0.25) is 0 Å². The second-order valence-electron chi connectivity index (χ2n) is 4.21. The fraction of sp³-hybridized carbons (Fsp3) is 0.214. The lowest BCUT2D eigenvalue weighted by Gasteiger charge is -2.12. The van der Waals surface area contributed by atoms with Gasteiger partial charge in [-0.25, -0.2) is 0 Å². The van der Waals surface area contributed by atoms with Crippen molar-refractivity contribution in [3.63, 3.8) is 0 Å². The summed E-state index contributed by atoms with van der Waals surface area (Å²) in [5.74, 6) is 1.03. The summed E-state index contributed by atoms with van der Waals surface area (Å²) in [7, 11) is 1.52. The molecule has 0 saturated heterocycles. The minimum absolute atomic E-state index is 0.138. The van der Waals surface area contributed by atoms with E-state index in [1.54, 1.807) is 32.0 Å². The first kappa shape index (κ1) is 13.6. The molecule has 0 spiro atoms. The van der Waals surface area contributed by atoms with Crippen LogP contribution in [0, 0.1) is 25.2 Å². The van der Waals surface area contributed by atoms with E-state index in [9.17, 15) is 5.26 Å². The van der Waals surface area contributed by atoms with Crippen LogP contribution in [0.4, 0.5) is 5.69 Å². The molecule has 1 aromatic heterocycles. The van der Waals surface area contributed by atoms with Gasteiger partial charge < -0.3 is 15.2 Å². The first-order valence-electron chi connectivity index (χ1n) is 5.92. The Morgan fingerprint density at radius 3 is 2.60 bits per heavy atom. The molecule has 2 aromatic rings. The number of hydrogen-bond donors (Lipinski definition) is 1. The van der Waals surface area contributed by atoms with E-state index >= 15 is 0 Å². The molecule has 20 heavy (non-hydrogen) atoms. The van der Waals surface area contributed by atoms with Crippen LogP contribution >= 0.6 is 0 Å². The van der Waals surface area contributed by atoms with Gasteiger partial charge in [0.1, 0.15) is 11.6 Å². The molecule has 0 aliphatic heterocycles. The van der Waals surface area contributed by atoms with Crippen LogP contribution in [0.3, 0.4) is 0 Å². The van der Waals surface area contributed by atoms with Crippen LogP contribution in [-0.4, -0.2) is 17.3 Å². The average Bonchev–Trinajstić information content (AvgIpc) is 2.43. The van der Waals surface area contributed by atoms with Crippen molar-refractivity contribution in [3.05, 3.63) is 35.0 Å². The molecule has 0 radical (unpaired) electrons. The quantitative estimate of drug-likeness (QED) is 0.860. The predicted octanol–water partition coefficient (Wildman–Crippen LogP) is 2.35. The second kappa shape index (κ2) is 5.45. The van der Waals surface area contributed by atoms with E-state index in [2.05, 4.69) is 16.3 Å². The van der Waals surface area contributed by atoms with E-state index in [-0.39, 0.29) is 5.88 Å². The number of benzene rings is 1. The van der Waals surface area contributed by atoms with Crippen molar-refractivity contribution < 1.29 is 9.47 Å². The predicted molar refractivity (Wildman–Crippen MR) is 73.7 cm³/mol. The van der Waals surface area contributed by atoms with Crippen LogP contribution in [0.15, 0.2) is 18.2 Å². The maximum atomic E-state index is 9.23. The summed E-state index contributed by atoms with van der Waals surface area (Å²) in [6.45, 7) is 3.58. The van der Waals surface area contributed by atoms with Gasteiger partial charge in [0.2, 0.25) is 0 Å². The van der Waals surface area contributed by atoms with E-state index in [1.807, 2.05) is 0 Å².